The molecule has 0 radical (unpaired) electrons. The average molecular weight is 353 g/mol. The molecule has 0 atom stereocenters. The van der Waals surface area contributed by atoms with E-state index in [9.17, 15) is 4.79 Å². The van der Waals surface area contributed by atoms with Crippen LogP contribution in [0, 0.1) is 6.92 Å². The van der Waals surface area contributed by atoms with Crippen molar-refractivity contribution in [2.24, 2.45) is 7.05 Å². The first kappa shape index (κ1) is 15.5. The van der Waals surface area contributed by atoms with Crippen LogP contribution < -0.4 is 5.32 Å². The van der Waals surface area contributed by atoms with Gasteiger partial charge in [-0.25, -0.2) is 9.97 Å². The van der Waals surface area contributed by atoms with Gasteiger partial charge in [0.05, 0.1) is 28.4 Å². The Morgan fingerprint density at radius 3 is 3.12 bits per heavy atom. The second-order valence-electron chi connectivity index (χ2n) is 5.61. The van der Waals surface area contributed by atoms with E-state index in [4.69, 9.17) is 4.42 Å². The van der Waals surface area contributed by atoms with Crippen LogP contribution in [0.15, 0.2) is 40.5 Å². The third-order valence-electron chi connectivity index (χ3n) is 3.84. The van der Waals surface area contributed by atoms with Crippen LogP contribution in [0.25, 0.3) is 21.8 Å². The van der Waals surface area contributed by atoms with Crippen molar-refractivity contribution in [3.63, 3.8) is 0 Å². The fraction of sp³-hybridized carbons (Fsp3) is 0.176. The third kappa shape index (κ3) is 2.91. The molecule has 0 saturated carbocycles. The summed E-state index contributed by atoms with van der Waals surface area (Å²) < 4.78 is 7.15. The first-order chi connectivity index (χ1) is 12.1. The summed E-state index contributed by atoms with van der Waals surface area (Å²) in [7, 11) is 1.83. The molecule has 4 rings (SSSR count). The predicted molar refractivity (Wildman–Crippen MR) is 94.2 cm³/mol. The Bertz CT molecular complexity index is 1050. The summed E-state index contributed by atoms with van der Waals surface area (Å²) in [4.78, 5) is 22.0. The highest BCUT2D eigenvalue weighted by Crippen LogP contribution is 2.23. The molecule has 25 heavy (non-hydrogen) atoms. The smallest absolute Gasteiger partial charge is 0.253 e. The maximum Gasteiger partial charge on any atom is 0.253 e. The van der Waals surface area contributed by atoms with Crippen LogP contribution in [0.4, 0.5) is 0 Å². The summed E-state index contributed by atoms with van der Waals surface area (Å²) in [6, 6.07) is 5.69. The van der Waals surface area contributed by atoms with Crippen molar-refractivity contribution in [1.82, 2.24) is 25.1 Å². The summed E-state index contributed by atoms with van der Waals surface area (Å²) in [5, 5.41) is 9.99. The number of thiophene rings is 1. The standard InChI is InChI=1S/C17H15N5O2S/c1-10-13-6-11(7-18-15(13)22(2)21-10)16(23)19-8-12-9-24-17(20-12)14-4-3-5-25-14/h3-7,9H,8H2,1-2H3,(H,19,23). The van der Waals surface area contributed by atoms with E-state index in [1.54, 1.807) is 34.5 Å². The molecule has 0 aliphatic rings. The third-order valence-corrected chi connectivity index (χ3v) is 4.70. The van der Waals surface area contributed by atoms with Gasteiger partial charge in [0, 0.05) is 18.6 Å². The van der Waals surface area contributed by atoms with Gasteiger partial charge in [0.15, 0.2) is 5.65 Å². The van der Waals surface area contributed by atoms with E-state index in [0.29, 0.717) is 17.1 Å². The molecule has 4 heterocycles. The zero-order chi connectivity index (χ0) is 17.4. The number of nitrogens with zero attached hydrogens (tertiary/aromatic N) is 4. The maximum atomic E-state index is 12.4. The number of hydrogen-bond donors (Lipinski definition) is 1. The highest BCUT2D eigenvalue weighted by atomic mass is 32.1. The molecule has 8 heteroatoms. The molecule has 0 saturated heterocycles. The lowest BCUT2D eigenvalue weighted by atomic mass is 10.2. The molecule has 4 aromatic rings. The number of amides is 1. The zero-order valence-corrected chi connectivity index (χ0v) is 14.5. The lowest BCUT2D eigenvalue weighted by Gasteiger charge is -2.03. The summed E-state index contributed by atoms with van der Waals surface area (Å²) in [6.07, 6.45) is 3.11. The molecule has 126 valence electrons. The number of oxazole rings is 1. The van der Waals surface area contributed by atoms with Crippen molar-refractivity contribution < 1.29 is 9.21 Å². The van der Waals surface area contributed by atoms with Crippen LogP contribution >= 0.6 is 11.3 Å². The molecule has 0 spiro atoms. The molecule has 0 aromatic carbocycles. The van der Waals surface area contributed by atoms with Gasteiger partial charge in [0.1, 0.15) is 6.26 Å². The van der Waals surface area contributed by atoms with Gasteiger partial charge in [-0.3, -0.25) is 9.48 Å². The van der Waals surface area contributed by atoms with Gasteiger partial charge in [-0.1, -0.05) is 6.07 Å². The average Bonchev–Trinajstić information content (AvgIpc) is 3.34. The van der Waals surface area contributed by atoms with Crippen molar-refractivity contribution >= 4 is 28.3 Å². The Balaban J connectivity index is 1.48. The Morgan fingerprint density at radius 1 is 1.44 bits per heavy atom. The van der Waals surface area contributed by atoms with Gasteiger partial charge in [-0.05, 0) is 24.4 Å². The lowest BCUT2D eigenvalue weighted by Crippen LogP contribution is -2.23. The maximum absolute atomic E-state index is 12.4. The Kier molecular flexibility index (Phi) is 3.81. The molecule has 4 aromatic heterocycles. The second-order valence-corrected chi connectivity index (χ2v) is 6.56. The number of carbonyl (C=O) groups is 1. The Morgan fingerprint density at radius 2 is 2.32 bits per heavy atom. The largest absolute Gasteiger partial charge is 0.443 e. The van der Waals surface area contributed by atoms with Gasteiger partial charge < -0.3 is 9.73 Å². The Hall–Kier alpha value is -3.00. The van der Waals surface area contributed by atoms with E-state index >= 15 is 0 Å². The normalized spacial score (nSPS) is 11.1. The van der Waals surface area contributed by atoms with Gasteiger partial charge in [-0.15, -0.1) is 11.3 Å². The fourth-order valence-electron chi connectivity index (χ4n) is 2.61. The van der Waals surface area contributed by atoms with E-state index in [2.05, 4.69) is 20.4 Å². The molecular formula is C17H15N5O2S. The molecule has 0 fully saturated rings. The molecule has 1 amide bonds. The molecule has 1 N–H and O–H groups in total. The molecule has 0 bridgehead atoms. The summed E-state index contributed by atoms with van der Waals surface area (Å²) >= 11 is 1.56. The Labute approximate surface area is 147 Å². The minimum Gasteiger partial charge on any atom is -0.443 e. The van der Waals surface area contributed by atoms with Crippen LogP contribution in [-0.2, 0) is 13.6 Å². The number of aryl methyl sites for hydroxylation is 2. The highest BCUT2D eigenvalue weighted by Gasteiger charge is 2.13. The van der Waals surface area contributed by atoms with Gasteiger partial charge in [-0.2, -0.15) is 5.10 Å². The molecule has 0 aliphatic heterocycles. The SMILES string of the molecule is Cc1nn(C)c2ncc(C(=O)NCc3coc(-c4cccs4)n3)cc12. The number of aromatic nitrogens is 4. The van der Waals surface area contributed by atoms with Crippen molar-refractivity contribution in [1.29, 1.82) is 0 Å². The van der Waals surface area contributed by atoms with E-state index in [0.717, 1.165) is 21.6 Å². The topological polar surface area (TPSA) is 85.8 Å². The lowest BCUT2D eigenvalue weighted by molar-refractivity contribution is 0.0950. The van der Waals surface area contributed by atoms with E-state index in [1.165, 1.54) is 0 Å². The summed E-state index contributed by atoms with van der Waals surface area (Å²) in [5.41, 5.74) is 2.76. The van der Waals surface area contributed by atoms with Crippen LogP contribution in [0.1, 0.15) is 21.7 Å². The number of pyridine rings is 1. The van der Waals surface area contributed by atoms with E-state index < -0.39 is 0 Å². The zero-order valence-electron chi connectivity index (χ0n) is 13.7. The van der Waals surface area contributed by atoms with Gasteiger partial charge in [0.25, 0.3) is 5.91 Å². The monoisotopic (exact) mass is 353 g/mol. The number of fused-ring (bicyclic) bond motifs is 1. The van der Waals surface area contributed by atoms with Crippen LogP contribution in [0.2, 0.25) is 0 Å². The number of carbonyl (C=O) groups excluding carboxylic acids is 1. The first-order valence-electron chi connectivity index (χ1n) is 7.67. The van der Waals surface area contributed by atoms with Crippen LogP contribution in [0.3, 0.4) is 0 Å². The van der Waals surface area contributed by atoms with Gasteiger partial charge in [0.2, 0.25) is 5.89 Å². The van der Waals surface area contributed by atoms with Crippen molar-refractivity contribution in [2.75, 3.05) is 0 Å². The predicted octanol–water partition coefficient (Wildman–Crippen LogP) is 2.92. The molecule has 7 nitrogen and oxygen atoms in total. The van der Waals surface area contributed by atoms with Crippen molar-refractivity contribution in [3.8, 4) is 10.8 Å². The summed E-state index contributed by atoms with van der Waals surface area (Å²) in [5.74, 6) is 0.353. The first-order valence-corrected chi connectivity index (χ1v) is 8.55. The molecule has 0 unspecified atom stereocenters. The van der Waals surface area contributed by atoms with Crippen molar-refractivity contribution in [3.05, 3.63) is 53.0 Å². The van der Waals surface area contributed by atoms with Gasteiger partial charge >= 0.3 is 0 Å². The minimum atomic E-state index is -0.210. The molecule has 0 aliphatic carbocycles. The second kappa shape index (κ2) is 6.14. The van der Waals surface area contributed by atoms with E-state index in [-0.39, 0.29) is 12.5 Å². The van der Waals surface area contributed by atoms with Crippen LogP contribution in [0.5, 0.6) is 0 Å². The van der Waals surface area contributed by atoms with E-state index in [1.807, 2.05) is 31.5 Å². The number of rotatable bonds is 4. The fourth-order valence-corrected chi connectivity index (χ4v) is 3.26. The van der Waals surface area contributed by atoms with Crippen molar-refractivity contribution in [2.45, 2.75) is 13.5 Å². The molecular weight excluding hydrogens is 338 g/mol. The number of hydrogen-bond acceptors (Lipinski definition) is 6. The number of nitrogens with one attached hydrogen (secondary N) is 1. The minimum absolute atomic E-state index is 0.210. The quantitative estimate of drug-likeness (QED) is 0.610. The highest BCUT2D eigenvalue weighted by molar-refractivity contribution is 7.13. The van der Waals surface area contributed by atoms with Crippen LogP contribution in [-0.4, -0.2) is 25.7 Å². The summed E-state index contributed by atoms with van der Waals surface area (Å²) in [6.45, 7) is 2.19.